The smallest absolute Gasteiger partial charge is 0.124 e. The van der Waals surface area contributed by atoms with Crippen molar-refractivity contribution in [3.8, 4) is 11.5 Å². The van der Waals surface area contributed by atoms with Gasteiger partial charge in [0.2, 0.25) is 0 Å². The fourth-order valence-corrected chi connectivity index (χ4v) is 3.05. The Morgan fingerprint density at radius 2 is 2.00 bits per heavy atom. The second-order valence-electron chi connectivity index (χ2n) is 6.11. The van der Waals surface area contributed by atoms with E-state index < -0.39 is 6.10 Å². The van der Waals surface area contributed by atoms with Gasteiger partial charge in [0, 0.05) is 24.7 Å². The van der Waals surface area contributed by atoms with Crippen molar-refractivity contribution in [1.82, 2.24) is 4.90 Å². The topological polar surface area (TPSA) is 41.9 Å². The minimum Gasteiger partial charge on any atom is -0.497 e. The van der Waals surface area contributed by atoms with Crippen LogP contribution in [0.25, 0.3) is 0 Å². The molecule has 1 N–H and O–H groups in total. The largest absolute Gasteiger partial charge is 0.497 e. The number of hydrogen-bond acceptors (Lipinski definition) is 4. The number of benzene rings is 1. The molecular weight excluding hydrogens is 266 g/mol. The van der Waals surface area contributed by atoms with Gasteiger partial charge in [-0.05, 0) is 43.9 Å². The zero-order valence-corrected chi connectivity index (χ0v) is 13.5. The molecule has 3 atom stereocenters. The monoisotopic (exact) mass is 293 g/mol. The van der Waals surface area contributed by atoms with Gasteiger partial charge in [-0.15, -0.1) is 0 Å². The van der Waals surface area contributed by atoms with Crippen molar-refractivity contribution in [2.24, 2.45) is 5.92 Å². The van der Waals surface area contributed by atoms with E-state index in [0.717, 1.165) is 17.9 Å². The highest BCUT2D eigenvalue weighted by atomic mass is 16.5. The van der Waals surface area contributed by atoms with Crippen molar-refractivity contribution in [2.45, 2.75) is 38.8 Å². The summed E-state index contributed by atoms with van der Waals surface area (Å²) in [5.41, 5.74) is 0.794. The van der Waals surface area contributed by atoms with E-state index in [9.17, 15) is 5.11 Å². The third kappa shape index (κ3) is 3.89. The van der Waals surface area contributed by atoms with Gasteiger partial charge in [0.25, 0.3) is 0 Å². The van der Waals surface area contributed by atoms with Crippen LogP contribution in [0.1, 0.15) is 38.4 Å². The molecule has 0 radical (unpaired) electrons. The van der Waals surface area contributed by atoms with Gasteiger partial charge in [-0.1, -0.05) is 6.92 Å². The molecule has 3 unspecified atom stereocenters. The van der Waals surface area contributed by atoms with Crippen LogP contribution in [0.2, 0.25) is 0 Å². The first-order valence-electron chi connectivity index (χ1n) is 7.69. The maximum Gasteiger partial charge on any atom is 0.124 e. The molecule has 4 nitrogen and oxygen atoms in total. The maximum absolute atomic E-state index is 10.6. The predicted molar refractivity (Wildman–Crippen MR) is 83.9 cm³/mol. The quantitative estimate of drug-likeness (QED) is 0.906. The van der Waals surface area contributed by atoms with Gasteiger partial charge >= 0.3 is 0 Å². The number of methoxy groups -OCH3 is 2. The fourth-order valence-electron chi connectivity index (χ4n) is 3.05. The summed E-state index contributed by atoms with van der Waals surface area (Å²) in [4.78, 5) is 2.37. The molecule has 1 aromatic rings. The Morgan fingerprint density at radius 3 is 2.67 bits per heavy atom. The number of piperidine rings is 1. The van der Waals surface area contributed by atoms with E-state index in [1.165, 1.54) is 12.8 Å². The van der Waals surface area contributed by atoms with Crippen LogP contribution in [0, 0.1) is 5.92 Å². The third-order valence-corrected chi connectivity index (χ3v) is 4.45. The highest BCUT2D eigenvalue weighted by Gasteiger charge is 2.26. The van der Waals surface area contributed by atoms with Crippen LogP contribution < -0.4 is 9.47 Å². The average Bonchev–Trinajstić information content (AvgIpc) is 2.50. The number of hydrogen-bond donors (Lipinski definition) is 1. The minimum absolute atomic E-state index is 0.521. The van der Waals surface area contributed by atoms with Crippen LogP contribution in [0.5, 0.6) is 11.5 Å². The predicted octanol–water partition coefficient (Wildman–Crippen LogP) is 2.86. The molecule has 1 fully saturated rings. The number of aliphatic hydroxyl groups is 1. The zero-order chi connectivity index (χ0) is 15.4. The minimum atomic E-state index is -0.567. The Labute approximate surface area is 127 Å². The lowest BCUT2D eigenvalue weighted by atomic mass is 9.94. The van der Waals surface area contributed by atoms with E-state index in [0.29, 0.717) is 24.3 Å². The van der Waals surface area contributed by atoms with Crippen LogP contribution >= 0.6 is 0 Å². The van der Waals surface area contributed by atoms with E-state index >= 15 is 0 Å². The average molecular weight is 293 g/mol. The number of aliphatic hydroxyl groups excluding tert-OH is 1. The summed E-state index contributed by atoms with van der Waals surface area (Å²) in [7, 11) is 3.26. The first-order chi connectivity index (χ1) is 10.0. The van der Waals surface area contributed by atoms with Gasteiger partial charge < -0.3 is 14.6 Å². The van der Waals surface area contributed by atoms with E-state index in [2.05, 4.69) is 18.7 Å². The second kappa shape index (κ2) is 7.14. The number of ether oxygens (including phenoxy) is 2. The van der Waals surface area contributed by atoms with Crippen molar-refractivity contribution < 1.29 is 14.6 Å². The Hall–Kier alpha value is -1.26. The summed E-state index contributed by atoms with van der Waals surface area (Å²) < 4.78 is 10.6. The van der Waals surface area contributed by atoms with Crippen molar-refractivity contribution in [3.05, 3.63) is 23.8 Å². The van der Waals surface area contributed by atoms with Crippen molar-refractivity contribution in [3.63, 3.8) is 0 Å². The third-order valence-electron chi connectivity index (χ3n) is 4.45. The Kier molecular flexibility index (Phi) is 5.48. The Morgan fingerprint density at radius 1 is 1.24 bits per heavy atom. The summed E-state index contributed by atoms with van der Waals surface area (Å²) in [6.45, 7) is 6.19. The van der Waals surface area contributed by atoms with E-state index in [1.807, 2.05) is 18.2 Å². The van der Waals surface area contributed by atoms with Crippen LogP contribution in [0.15, 0.2) is 18.2 Å². The molecule has 1 aliphatic heterocycles. The molecule has 1 aliphatic rings. The molecule has 2 rings (SSSR count). The Balaban J connectivity index is 2.13. The molecule has 0 aliphatic carbocycles. The lowest BCUT2D eigenvalue weighted by Crippen LogP contribution is -2.43. The van der Waals surface area contributed by atoms with Gasteiger partial charge in [0.05, 0.1) is 20.3 Å². The summed E-state index contributed by atoms with van der Waals surface area (Å²) in [5.74, 6) is 2.14. The molecule has 0 saturated carbocycles. The summed E-state index contributed by atoms with van der Waals surface area (Å²) in [6, 6.07) is 6.08. The lowest BCUT2D eigenvalue weighted by molar-refractivity contribution is 0.0556. The number of β-amino-alcohol motifs (C(OH)–C–C–N with tert-alkyl or cyclic N) is 1. The zero-order valence-electron chi connectivity index (χ0n) is 13.5. The van der Waals surface area contributed by atoms with Crippen LogP contribution in [-0.4, -0.2) is 43.4 Å². The second-order valence-corrected chi connectivity index (χ2v) is 6.11. The van der Waals surface area contributed by atoms with Gasteiger partial charge in [0.1, 0.15) is 11.5 Å². The molecular formula is C17H27NO3. The molecule has 1 aromatic carbocycles. The van der Waals surface area contributed by atoms with Crippen LogP contribution in [0.4, 0.5) is 0 Å². The first kappa shape index (κ1) is 16.1. The number of nitrogens with zero attached hydrogens (tertiary/aromatic N) is 1. The highest BCUT2D eigenvalue weighted by Crippen LogP contribution is 2.31. The van der Waals surface area contributed by atoms with Crippen molar-refractivity contribution in [1.29, 1.82) is 0 Å². The van der Waals surface area contributed by atoms with Gasteiger partial charge in [0.15, 0.2) is 0 Å². The number of rotatable bonds is 5. The highest BCUT2D eigenvalue weighted by molar-refractivity contribution is 5.41. The summed E-state index contributed by atoms with van der Waals surface area (Å²) >= 11 is 0. The van der Waals surface area contributed by atoms with Crippen LogP contribution in [0.3, 0.4) is 0 Å². The molecule has 118 valence electrons. The SMILES string of the molecule is COc1ccc(OC)c(C(O)CN2CC(C)CCC2C)c1. The van der Waals surface area contributed by atoms with E-state index in [-0.39, 0.29) is 0 Å². The Bertz CT molecular complexity index is 463. The molecule has 0 bridgehead atoms. The van der Waals surface area contributed by atoms with E-state index in [1.54, 1.807) is 14.2 Å². The first-order valence-corrected chi connectivity index (χ1v) is 7.69. The maximum atomic E-state index is 10.6. The summed E-state index contributed by atoms with van der Waals surface area (Å²) in [6.07, 6.45) is 1.90. The molecule has 0 spiro atoms. The normalized spacial score (nSPS) is 24.6. The molecule has 21 heavy (non-hydrogen) atoms. The number of likely N-dealkylation sites (tertiary alicyclic amines) is 1. The molecule has 1 heterocycles. The van der Waals surface area contributed by atoms with E-state index in [4.69, 9.17) is 9.47 Å². The van der Waals surface area contributed by atoms with Crippen molar-refractivity contribution in [2.75, 3.05) is 27.3 Å². The van der Waals surface area contributed by atoms with Gasteiger partial charge in [-0.2, -0.15) is 0 Å². The van der Waals surface area contributed by atoms with Crippen molar-refractivity contribution >= 4 is 0 Å². The van der Waals surface area contributed by atoms with Crippen LogP contribution in [-0.2, 0) is 0 Å². The molecule has 0 aromatic heterocycles. The standard InChI is InChI=1S/C17H27NO3/c1-12-5-6-13(2)18(10-12)11-16(19)15-9-14(20-3)7-8-17(15)21-4/h7-9,12-13,16,19H,5-6,10-11H2,1-4H3. The molecule has 0 amide bonds. The lowest BCUT2D eigenvalue weighted by Gasteiger charge is -2.38. The van der Waals surface area contributed by atoms with Gasteiger partial charge in [-0.25, -0.2) is 0 Å². The summed E-state index contributed by atoms with van der Waals surface area (Å²) in [5, 5.41) is 10.6. The molecule has 1 saturated heterocycles. The molecule has 4 heteroatoms. The van der Waals surface area contributed by atoms with Gasteiger partial charge in [-0.3, -0.25) is 4.90 Å². The fraction of sp³-hybridized carbons (Fsp3) is 0.647.